The van der Waals surface area contributed by atoms with E-state index in [4.69, 9.17) is 37.8 Å². The van der Waals surface area contributed by atoms with Gasteiger partial charge in [-0.1, -0.05) is 23.2 Å². The zero-order valence-electron chi connectivity index (χ0n) is 25.0. The van der Waals surface area contributed by atoms with Crippen LogP contribution in [0.25, 0.3) is 0 Å². The quantitative estimate of drug-likeness (QED) is 0.232. The summed E-state index contributed by atoms with van der Waals surface area (Å²) in [6, 6.07) is 10.6. The maximum Gasteiger partial charge on any atom is 0.490 e. The number of hydrogen-bond donors (Lipinski definition) is 3. The summed E-state index contributed by atoms with van der Waals surface area (Å²) >= 11 is 12.0. The average molecular weight is 701 g/mol. The molecular formula is C31H31Cl2F4N5O5. The molecule has 47 heavy (non-hydrogen) atoms. The van der Waals surface area contributed by atoms with Crippen molar-refractivity contribution in [3.8, 4) is 5.75 Å². The lowest BCUT2D eigenvalue weighted by atomic mass is 10.1. The predicted octanol–water partition coefficient (Wildman–Crippen LogP) is 6.74. The second-order valence-electron chi connectivity index (χ2n) is 10.9. The Balaban J connectivity index is 0.000000644. The number of halogens is 6. The number of nitrogens with zero attached hydrogens (tertiary/aromatic N) is 3. The molecule has 2 aromatic carbocycles. The van der Waals surface area contributed by atoms with Gasteiger partial charge in [-0.3, -0.25) is 9.59 Å². The third kappa shape index (κ3) is 9.92. The van der Waals surface area contributed by atoms with Crippen molar-refractivity contribution < 1.29 is 41.8 Å². The zero-order valence-corrected chi connectivity index (χ0v) is 26.6. The highest BCUT2D eigenvalue weighted by molar-refractivity contribution is 6.36. The van der Waals surface area contributed by atoms with Crippen molar-refractivity contribution in [2.45, 2.75) is 38.0 Å². The highest BCUT2D eigenvalue weighted by Gasteiger charge is 2.38. The van der Waals surface area contributed by atoms with Crippen molar-refractivity contribution in [1.82, 2.24) is 9.88 Å². The van der Waals surface area contributed by atoms with Crippen LogP contribution in [0.2, 0.25) is 10.0 Å². The van der Waals surface area contributed by atoms with Crippen LogP contribution in [-0.2, 0) is 4.79 Å². The number of carbonyl (C=O) groups excluding carboxylic acids is 2. The molecule has 5 rings (SSSR count). The molecule has 0 unspecified atom stereocenters. The lowest BCUT2D eigenvalue weighted by Crippen LogP contribution is -2.36. The Kier molecular flexibility index (Phi) is 11.9. The van der Waals surface area contributed by atoms with Gasteiger partial charge < -0.3 is 30.3 Å². The van der Waals surface area contributed by atoms with Gasteiger partial charge in [0.15, 0.2) is 5.82 Å². The first-order valence-corrected chi connectivity index (χ1v) is 15.2. The molecule has 3 N–H and O–H groups in total. The van der Waals surface area contributed by atoms with E-state index in [1.54, 1.807) is 6.07 Å². The fraction of sp³-hybridized carbons (Fsp3) is 0.355. The smallest absolute Gasteiger partial charge is 0.489 e. The Bertz CT molecular complexity index is 1610. The highest BCUT2D eigenvalue weighted by Crippen LogP contribution is 2.32. The summed E-state index contributed by atoms with van der Waals surface area (Å²) < 4.78 is 52.3. The summed E-state index contributed by atoms with van der Waals surface area (Å²) in [5.74, 6) is -4.02. The Morgan fingerprint density at radius 3 is 2.19 bits per heavy atom. The van der Waals surface area contributed by atoms with Crippen molar-refractivity contribution >= 4 is 58.2 Å². The minimum Gasteiger partial charge on any atom is -0.489 e. The summed E-state index contributed by atoms with van der Waals surface area (Å²) in [7, 11) is 2.08. The van der Waals surface area contributed by atoms with Crippen LogP contribution in [0.5, 0.6) is 5.75 Å². The molecule has 3 heterocycles. The predicted molar refractivity (Wildman–Crippen MR) is 169 cm³/mol. The number of aliphatic carboxylic acids is 1. The van der Waals surface area contributed by atoms with Crippen LogP contribution in [-0.4, -0.2) is 78.3 Å². The third-order valence-electron chi connectivity index (χ3n) is 7.40. The Hall–Kier alpha value is -4.14. The van der Waals surface area contributed by atoms with Gasteiger partial charge in [0, 0.05) is 44.1 Å². The van der Waals surface area contributed by atoms with Crippen molar-refractivity contribution in [3.63, 3.8) is 0 Å². The molecule has 2 amide bonds. The molecule has 0 radical (unpaired) electrons. The van der Waals surface area contributed by atoms with E-state index in [-0.39, 0.29) is 28.2 Å². The molecule has 10 nitrogen and oxygen atoms in total. The van der Waals surface area contributed by atoms with Crippen LogP contribution in [0, 0.1) is 5.82 Å². The Morgan fingerprint density at radius 1 is 0.936 bits per heavy atom. The van der Waals surface area contributed by atoms with Gasteiger partial charge in [0.25, 0.3) is 11.8 Å². The Morgan fingerprint density at radius 2 is 1.57 bits per heavy atom. The SMILES string of the molecule is CN1CCC(Oc2cc(N3CCCC3)ccc2C(=O)Nc2ccc(F)cc2C(=O)Nc2ncc(Cl)cc2Cl)CC1.O=C(O)C(F)(F)F. The number of pyridine rings is 1. The third-order valence-corrected chi connectivity index (χ3v) is 7.89. The molecule has 2 aliphatic heterocycles. The van der Waals surface area contributed by atoms with E-state index >= 15 is 0 Å². The molecule has 16 heteroatoms. The molecule has 0 spiro atoms. The van der Waals surface area contributed by atoms with Crippen molar-refractivity contribution in [2.24, 2.45) is 0 Å². The van der Waals surface area contributed by atoms with Gasteiger partial charge in [-0.15, -0.1) is 0 Å². The first-order valence-electron chi connectivity index (χ1n) is 14.5. The lowest BCUT2D eigenvalue weighted by molar-refractivity contribution is -0.192. The summed E-state index contributed by atoms with van der Waals surface area (Å²) in [5.41, 5.74) is 1.38. The van der Waals surface area contributed by atoms with Gasteiger partial charge in [-0.25, -0.2) is 14.2 Å². The van der Waals surface area contributed by atoms with Crippen LogP contribution in [0.3, 0.4) is 0 Å². The first-order chi connectivity index (χ1) is 22.2. The van der Waals surface area contributed by atoms with Crippen LogP contribution in [0.4, 0.5) is 34.8 Å². The second kappa shape index (κ2) is 15.6. The normalized spacial score (nSPS) is 15.4. The van der Waals surface area contributed by atoms with Gasteiger partial charge >= 0.3 is 12.1 Å². The summed E-state index contributed by atoms with van der Waals surface area (Å²) in [6.45, 7) is 3.75. The number of aromatic nitrogens is 1. The maximum atomic E-state index is 14.2. The van der Waals surface area contributed by atoms with E-state index in [9.17, 15) is 27.2 Å². The van der Waals surface area contributed by atoms with Gasteiger partial charge in [-0.05, 0) is 69.1 Å². The molecule has 0 aliphatic carbocycles. The number of ether oxygens (including phenoxy) is 1. The van der Waals surface area contributed by atoms with Crippen LogP contribution in [0.1, 0.15) is 46.4 Å². The van der Waals surface area contributed by atoms with Gasteiger partial charge in [0.2, 0.25) is 0 Å². The summed E-state index contributed by atoms with van der Waals surface area (Å²) in [4.78, 5) is 44.1. The van der Waals surface area contributed by atoms with E-state index < -0.39 is 29.8 Å². The minimum absolute atomic E-state index is 0.0136. The molecule has 0 bridgehead atoms. The molecule has 252 valence electrons. The average Bonchev–Trinajstić information content (AvgIpc) is 3.56. The van der Waals surface area contributed by atoms with Gasteiger partial charge in [0.05, 0.1) is 26.9 Å². The fourth-order valence-corrected chi connectivity index (χ4v) is 5.36. The van der Waals surface area contributed by atoms with E-state index in [1.807, 2.05) is 12.1 Å². The van der Waals surface area contributed by atoms with Crippen molar-refractivity contribution in [3.05, 3.63) is 75.7 Å². The van der Waals surface area contributed by atoms with Crippen LogP contribution < -0.4 is 20.3 Å². The first kappa shape index (κ1) is 35.7. The molecule has 3 aromatic rings. The number of carboxylic acid groups (broad SMARTS) is 1. The number of anilines is 3. The van der Waals surface area contributed by atoms with E-state index in [2.05, 4.69) is 32.5 Å². The molecule has 2 aliphatic rings. The fourth-order valence-electron chi connectivity index (χ4n) is 4.93. The number of likely N-dealkylation sites (tertiary alicyclic amines) is 1. The molecule has 0 saturated carbocycles. The molecule has 2 saturated heterocycles. The number of hydrogen-bond acceptors (Lipinski definition) is 7. The number of amides is 2. The summed E-state index contributed by atoms with van der Waals surface area (Å²) in [5, 5.41) is 12.9. The van der Waals surface area contributed by atoms with Crippen LogP contribution >= 0.6 is 23.2 Å². The number of benzene rings is 2. The molecule has 0 atom stereocenters. The maximum absolute atomic E-state index is 14.2. The highest BCUT2D eigenvalue weighted by atomic mass is 35.5. The summed E-state index contributed by atoms with van der Waals surface area (Å²) in [6.07, 6.45) is 0.193. The number of alkyl halides is 3. The number of carboxylic acids is 1. The largest absolute Gasteiger partial charge is 0.490 e. The van der Waals surface area contributed by atoms with E-state index in [0.29, 0.717) is 16.3 Å². The number of carbonyl (C=O) groups is 3. The van der Waals surface area contributed by atoms with Crippen molar-refractivity contribution in [1.29, 1.82) is 0 Å². The van der Waals surface area contributed by atoms with Crippen LogP contribution in [0.15, 0.2) is 48.7 Å². The second-order valence-corrected chi connectivity index (χ2v) is 11.7. The molecule has 1 aromatic heterocycles. The topological polar surface area (TPSA) is 124 Å². The van der Waals surface area contributed by atoms with Gasteiger partial charge in [0.1, 0.15) is 17.7 Å². The van der Waals surface area contributed by atoms with E-state index in [0.717, 1.165) is 63.6 Å². The number of piperidine rings is 1. The zero-order chi connectivity index (χ0) is 34.3. The standard InChI is InChI=1S/C29H30Cl2FN5O3.C2HF3O2/c1-36-12-8-21(9-13-36)40-26-16-20(37-10-2-3-11-37)5-6-22(26)28(38)34-25-7-4-19(32)15-23(25)29(39)35-27-24(31)14-18(30)17-33-27;3-2(4,5)1(6)7/h4-7,14-17,21H,2-3,8-13H2,1H3,(H,34,38)(H,33,35,39);(H,6,7). The minimum atomic E-state index is -5.08. The molecular weight excluding hydrogens is 669 g/mol. The van der Waals surface area contributed by atoms with Gasteiger partial charge in [-0.2, -0.15) is 13.2 Å². The monoisotopic (exact) mass is 699 g/mol. The molecule has 2 fully saturated rings. The van der Waals surface area contributed by atoms with Crippen molar-refractivity contribution in [2.75, 3.05) is 48.8 Å². The Labute approximate surface area is 277 Å². The van der Waals surface area contributed by atoms with E-state index in [1.165, 1.54) is 24.4 Å². The number of nitrogens with one attached hydrogen (secondary N) is 2. The number of rotatable bonds is 7. The lowest BCUT2D eigenvalue weighted by Gasteiger charge is -2.30.